The molecule has 1 aliphatic rings. The van der Waals surface area contributed by atoms with Gasteiger partial charge in [-0.25, -0.2) is 14.8 Å². The Morgan fingerprint density at radius 3 is 2.57 bits per heavy atom. The van der Waals surface area contributed by atoms with Crippen LogP contribution in [-0.2, 0) is 0 Å². The minimum absolute atomic E-state index is 0.267. The summed E-state index contributed by atoms with van der Waals surface area (Å²) in [7, 11) is 0. The van der Waals surface area contributed by atoms with Gasteiger partial charge in [-0.05, 0) is 19.1 Å². The quantitative estimate of drug-likeness (QED) is 0.933. The molecular weight excluding hydrogens is 288 g/mol. The van der Waals surface area contributed by atoms with Crippen LogP contribution in [0.5, 0.6) is 0 Å². The number of carboxylic acids is 1. The van der Waals surface area contributed by atoms with E-state index < -0.39 is 5.97 Å². The normalized spacial score (nSPS) is 15.3. The van der Waals surface area contributed by atoms with Crippen LogP contribution >= 0.6 is 11.3 Å². The molecule has 1 N–H and O–H groups in total. The molecule has 7 heteroatoms. The Morgan fingerprint density at radius 1 is 1.24 bits per heavy atom. The van der Waals surface area contributed by atoms with Gasteiger partial charge in [0.1, 0.15) is 11.4 Å². The van der Waals surface area contributed by atoms with E-state index in [1.807, 2.05) is 17.2 Å². The summed E-state index contributed by atoms with van der Waals surface area (Å²) in [6.07, 6.45) is 1.80. The van der Waals surface area contributed by atoms with E-state index in [9.17, 15) is 9.90 Å². The van der Waals surface area contributed by atoms with E-state index in [-0.39, 0.29) is 5.56 Å². The Labute approximate surface area is 126 Å². The van der Waals surface area contributed by atoms with Crippen molar-refractivity contribution in [1.29, 1.82) is 0 Å². The molecule has 2 aromatic rings. The fourth-order valence-electron chi connectivity index (χ4n) is 2.43. The molecule has 110 valence electrons. The highest BCUT2D eigenvalue weighted by Crippen LogP contribution is 2.23. The number of rotatable bonds is 3. The molecule has 0 spiro atoms. The molecule has 0 atom stereocenters. The van der Waals surface area contributed by atoms with E-state index in [4.69, 9.17) is 0 Å². The number of hydrogen-bond donors (Lipinski definition) is 1. The van der Waals surface area contributed by atoms with Crippen LogP contribution in [0.3, 0.4) is 0 Å². The van der Waals surface area contributed by atoms with Crippen LogP contribution < -0.4 is 9.80 Å². The van der Waals surface area contributed by atoms with Gasteiger partial charge in [-0.1, -0.05) is 0 Å². The summed E-state index contributed by atoms with van der Waals surface area (Å²) in [5.41, 5.74) is 1.10. The zero-order chi connectivity index (χ0) is 14.8. The standard InChI is InChI=1S/C14H16N4O2S/c1-10-2-3-11(13(19)20)12(16-10)17-5-7-18(8-6-17)14-15-4-9-21-14/h2-4,9H,5-8H2,1H3,(H,19,20). The lowest BCUT2D eigenvalue weighted by atomic mass is 10.2. The lowest BCUT2D eigenvalue weighted by Crippen LogP contribution is -2.47. The third-order valence-corrected chi connectivity index (χ3v) is 4.35. The summed E-state index contributed by atoms with van der Waals surface area (Å²) in [6.45, 7) is 5.01. The Bertz CT molecular complexity index is 636. The van der Waals surface area contributed by atoms with E-state index in [0.29, 0.717) is 5.82 Å². The maximum atomic E-state index is 11.3. The molecule has 1 fully saturated rings. The first-order chi connectivity index (χ1) is 10.1. The molecule has 0 aliphatic carbocycles. The smallest absolute Gasteiger partial charge is 0.339 e. The van der Waals surface area contributed by atoms with Crippen molar-refractivity contribution >= 4 is 28.3 Å². The fourth-order valence-corrected chi connectivity index (χ4v) is 3.13. The number of nitrogens with zero attached hydrogens (tertiary/aromatic N) is 4. The third-order valence-electron chi connectivity index (χ3n) is 3.51. The topological polar surface area (TPSA) is 69.6 Å². The van der Waals surface area contributed by atoms with Crippen molar-refractivity contribution in [2.75, 3.05) is 36.0 Å². The maximum Gasteiger partial charge on any atom is 0.339 e. The molecule has 0 saturated carbocycles. The molecule has 2 aromatic heterocycles. The van der Waals surface area contributed by atoms with E-state index >= 15 is 0 Å². The van der Waals surface area contributed by atoms with Crippen LogP contribution in [0.15, 0.2) is 23.7 Å². The number of anilines is 2. The fraction of sp³-hybridized carbons (Fsp3) is 0.357. The van der Waals surface area contributed by atoms with Gasteiger partial charge in [-0.2, -0.15) is 0 Å². The van der Waals surface area contributed by atoms with Gasteiger partial charge in [0, 0.05) is 43.4 Å². The summed E-state index contributed by atoms with van der Waals surface area (Å²) < 4.78 is 0. The Morgan fingerprint density at radius 2 is 1.95 bits per heavy atom. The SMILES string of the molecule is Cc1ccc(C(=O)O)c(N2CCN(c3nccs3)CC2)n1. The van der Waals surface area contributed by atoms with E-state index in [0.717, 1.165) is 37.0 Å². The average Bonchev–Trinajstić information content (AvgIpc) is 3.01. The van der Waals surface area contributed by atoms with Crippen molar-refractivity contribution in [2.45, 2.75) is 6.92 Å². The summed E-state index contributed by atoms with van der Waals surface area (Å²) >= 11 is 1.62. The maximum absolute atomic E-state index is 11.3. The third kappa shape index (κ3) is 2.82. The van der Waals surface area contributed by atoms with Crippen molar-refractivity contribution in [3.63, 3.8) is 0 Å². The van der Waals surface area contributed by atoms with Crippen LogP contribution in [0.4, 0.5) is 10.9 Å². The number of aromatic carboxylic acids is 1. The van der Waals surface area contributed by atoms with Crippen molar-refractivity contribution in [1.82, 2.24) is 9.97 Å². The van der Waals surface area contributed by atoms with Crippen LogP contribution in [0, 0.1) is 6.92 Å². The molecule has 3 heterocycles. The number of carbonyl (C=O) groups is 1. The number of pyridine rings is 1. The van der Waals surface area contributed by atoms with Crippen molar-refractivity contribution in [3.8, 4) is 0 Å². The van der Waals surface area contributed by atoms with Gasteiger partial charge < -0.3 is 14.9 Å². The molecular formula is C14H16N4O2S. The molecule has 0 amide bonds. The highest BCUT2D eigenvalue weighted by Gasteiger charge is 2.23. The molecule has 3 rings (SSSR count). The Kier molecular flexibility index (Phi) is 3.74. The summed E-state index contributed by atoms with van der Waals surface area (Å²) in [5, 5.41) is 12.3. The number of hydrogen-bond acceptors (Lipinski definition) is 6. The number of thiazole rings is 1. The van der Waals surface area contributed by atoms with E-state index in [2.05, 4.69) is 14.9 Å². The average molecular weight is 304 g/mol. The van der Waals surface area contributed by atoms with Crippen molar-refractivity contribution in [3.05, 3.63) is 35.0 Å². The molecule has 21 heavy (non-hydrogen) atoms. The highest BCUT2D eigenvalue weighted by atomic mass is 32.1. The van der Waals surface area contributed by atoms with Gasteiger partial charge in [0.15, 0.2) is 5.13 Å². The monoisotopic (exact) mass is 304 g/mol. The highest BCUT2D eigenvalue weighted by molar-refractivity contribution is 7.13. The summed E-state index contributed by atoms with van der Waals surface area (Å²) in [6, 6.07) is 3.37. The molecule has 1 saturated heterocycles. The molecule has 0 bridgehead atoms. The van der Waals surface area contributed by atoms with Gasteiger partial charge in [0.05, 0.1) is 0 Å². The lowest BCUT2D eigenvalue weighted by molar-refractivity contribution is 0.0697. The summed E-state index contributed by atoms with van der Waals surface area (Å²) in [5.74, 6) is -0.360. The lowest BCUT2D eigenvalue weighted by Gasteiger charge is -2.35. The van der Waals surface area contributed by atoms with Crippen molar-refractivity contribution < 1.29 is 9.90 Å². The molecule has 0 aromatic carbocycles. The first-order valence-corrected chi connectivity index (χ1v) is 7.63. The summed E-state index contributed by atoms with van der Waals surface area (Å²) in [4.78, 5) is 24.3. The second-order valence-corrected chi connectivity index (χ2v) is 5.79. The Hall–Kier alpha value is -2.15. The van der Waals surface area contributed by atoms with Gasteiger partial charge in [-0.15, -0.1) is 11.3 Å². The van der Waals surface area contributed by atoms with Gasteiger partial charge in [0.25, 0.3) is 0 Å². The molecule has 0 radical (unpaired) electrons. The van der Waals surface area contributed by atoms with Crippen molar-refractivity contribution in [2.24, 2.45) is 0 Å². The van der Waals surface area contributed by atoms with E-state index in [1.165, 1.54) is 0 Å². The van der Waals surface area contributed by atoms with Crippen LogP contribution in [-0.4, -0.2) is 47.2 Å². The molecule has 6 nitrogen and oxygen atoms in total. The predicted molar refractivity (Wildman–Crippen MR) is 82.5 cm³/mol. The van der Waals surface area contributed by atoms with Crippen LogP contribution in [0.25, 0.3) is 0 Å². The first-order valence-electron chi connectivity index (χ1n) is 6.75. The zero-order valence-corrected chi connectivity index (χ0v) is 12.5. The number of carboxylic acid groups (broad SMARTS) is 1. The molecule has 0 unspecified atom stereocenters. The van der Waals surface area contributed by atoms with Crippen LogP contribution in [0.1, 0.15) is 16.1 Å². The predicted octanol–water partition coefficient (Wildman–Crippen LogP) is 1.87. The van der Waals surface area contributed by atoms with Gasteiger partial charge in [-0.3, -0.25) is 0 Å². The van der Waals surface area contributed by atoms with Gasteiger partial charge >= 0.3 is 5.97 Å². The second-order valence-electron chi connectivity index (χ2n) is 4.92. The number of aryl methyl sites for hydroxylation is 1. The largest absolute Gasteiger partial charge is 0.478 e. The van der Waals surface area contributed by atoms with E-state index in [1.54, 1.807) is 29.7 Å². The second kappa shape index (κ2) is 5.69. The minimum atomic E-state index is -0.931. The zero-order valence-electron chi connectivity index (χ0n) is 11.7. The van der Waals surface area contributed by atoms with Gasteiger partial charge in [0.2, 0.25) is 0 Å². The minimum Gasteiger partial charge on any atom is -0.478 e. The van der Waals surface area contributed by atoms with Crippen LogP contribution in [0.2, 0.25) is 0 Å². The number of aromatic nitrogens is 2. The first kappa shape index (κ1) is 13.8. The molecule has 1 aliphatic heterocycles. The number of piperazine rings is 1. The Balaban J connectivity index is 1.78.